The molecular weight excluding hydrogens is 336 g/mol. The average Bonchev–Trinajstić information content (AvgIpc) is 3.14. The molecule has 142 valence electrons. The van der Waals surface area contributed by atoms with Crippen LogP contribution in [0.1, 0.15) is 41.8 Å². The second-order valence-corrected chi connectivity index (χ2v) is 7.43. The van der Waals surface area contributed by atoms with E-state index in [4.69, 9.17) is 10.8 Å². The summed E-state index contributed by atoms with van der Waals surface area (Å²) in [4.78, 5) is 7.05. The fourth-order valence-corrected chi connectivity index (χ4v) is 4.03. The summed E-state index contributed by atoms with van der Waals surface area (Å²) in [5, 5.41) is 7.90. The highest BCUT2D eigenvalue weighted by molar-refractivity contribution is 5.41. The van der Waals surface area contributed by atoms with Gasteiger partial charge in [-0.25, -0.2) is 9.50 Å². The molecule has 2 atom stereocenters. The van der Waals surface area contributed by atoms with Gasteiger partial charge in [0.15, 0.2) is 5.65 Å². The maximum Gasteiger partial charge on any atom is 0.155 e. The van der Waals surface area contributed by atoms with E-state index in [1.54, 1.807) is 0 Å². The lowest BCUT2D eigenvalue weighted by molar-refractivity contribution is 0.197. The smallest absolute Gasteiger partial charge is 0.155 e. The Morgan fingerprint density at radius 2 is 2.11 bits per heavy atom. The minimum Gasteiger partial charge on any atom is -0.322 e. The summed E-state index contributed by atoms with van der Waals surface area (Å²) >= 11 is 0. The van der Waals surface area contributed by atoms with Crippen LogP contribution in [0.15, 0.2) is 48.7 Å². The van der Waals surface area contributed by atoms with E-state index >= 15 is 0 Å². The van der Waals surface area contributed by atoms with Gasteiger partial charge in [0.1, 0.15) is 0 Å². The Kier molecular flexibility index (Phi) is 5.48. The van der Waals surface area contributed by atoms with Gasteiger partial charge in [-0.15, -0.1) is 0 Å². The third-order valence-corrected chi connectivity index (χ3v) is 5.38. The van der Waals surface area contributed by atoms with Gasteiger partial charge in [-0.2, -0.15) is 5.10 Å². The Hall–Kier alpha value is -2.28. The quantitative estimate of drug-likeness (QED) is 0.702. The van der Waals surface area contributed by atoms with Crippen molar-refractivity contribution in [2.75, 3.05) is 26.7 Å². The summed E-state index contributed by atoms with van der Waals surface area (Å²) in [7, 11) is 1.91. The number of likely N-dealkylation sites (tertiary alicyclic amines) is 1. The molecule has 1 saturated heterocycles. The van der Waals surface area contributed by atoms with Gasteiger partial charge in [0, 0.05) is 37.8 Å². The predicted molar refractivity (Wildman–Crippen MR) is 108 cm³/mol. The minimum atomic E-state index is -0.120. The zero-order chi connectivity index (χ0) is 18.6. The number of aromatic nitrogens is 3. The lowest BCUT2D eigenvalue weighted by atomic mass is 9.94. The van der Waals surface area contributed by atoms with E-state index < -0.39 is 0 Å². The van der Waals surface area contributed by atoms with Crippen molar-refractivity contribution in [2.45, 2.75) is 31.3 Å². The average molecular weight is 364 g/mol. The third-order valence-electron chi connectivity index (χ3n) is 5.38. The van der Waals surface area contributed by atoms with Crippen LogP contribution in [0.3, 0.4) is 0 Å². The van der Waals surface area contributed by atoms with E-state index in [-0.39, 0.29) is 6.04 Å². The molecule has 1 aliphatic heterocycles. The number of nitrogens with zero attached hydrogens (tertiary/aromatic N) is 4. The third kappa shape index (κ3) is 4.03. The van der Waals surface area contributed by atoms with Gasteiger partial charge in [-0.3, -0.25) is 4.90 Å². The second kappa shape index (κ2) is 8.17. The van der Waals surface area contributed by atoms with E-state index in [0.29, 0.717) is 12.5 Å². The number of fused-ring (bicyclic) bond motifs is 1. The molecule has 6 heteroatoms. The Morgan fingerprint density at radius 1 is 1.26 bits per heavy atom. The Labute approximate surface area is 160 Å². The summed E-state index contributed by atoms with van der Waals surface area (Å²) in [5.74, 6) is 0.459. The first-order valence-corrected chi connectivity index (χ1v) is 9.75. The van der Waals surface area contributed by atoms with Crippen molar-refractivity contribution in [1.29, 1.82) is 0 Å². The van der Waals surface area contributed by atoms with Gasteiger partial charge in [-0.05, 0) is 38.1 Å². The first kappa shape index (κ1) is 18.1. The molecule has 2 unspecified atom stereocenters. The molecule has 0 amide bonds. The molecule has 1 aliphatic rings. The van der Waals surface area contributed by atoms with Crippen LogP contribution >= 0.6 is 0 Å². The van der Waals surface area contributed by atoms with Gasteiger partial charge in [0.2, 0.25) is 0 Å². The van der Waals surface area contributed by atoms with Crippen molar-refractivity contribution in [2.24, 2.45) is 5.73 Å². The molecular formula is C21H28N6. The molecule has 0 spiro atoms. The van der Waals surface area contributed by atoms with Crippen LogP contribution in [-0.4, -0.2) is 46.2 Å². The molecule has 0 aliphatic carbocycles. The molecule has 27 heavy (non-hydrogen) atoms. The first-order valence-electron chi connectivity index (χ1n) is 9.75. The van der Waals surface area contributed by atoms with E-state index in [9.17, 15) is 0 Å². The van der Waals surface area contributed by atoms with E-state index in [1.807, 2.05) is 23.8 Å². The molecule has 3 aromatic rings. The van der Waals surface area contributed by atoms with Crippen molar-refractivity contribution in [3.63, 3.8) is 0 Å². The topological polar surface area (TPSA) is 71.5 Å². The number of nitrogens with two attached hydrogens (primary N) is 1. The summed E-state index contributed by atoms with van der Waals surface area (Å²) < 4.78 is 2.00. The Balaban J connectivity index is 1.56. The lowest BCUT2D eigenvalue weighted by Gasteiger charge is -2.33. The van der Waals surface area contributed by atoms with Crippen molar-refractivity contribution < 1.29 is 0 Å². The Bertz CT molecular complexity index is 875. The molecule has 1 aromatic carbocycles. The van der Waals surface area contributed by atoms with E-state index in [1.165, 1.54) is 24.1 Å². The summed E-state index contributed by atoms with van der Waals surface area (Å²) in [6.07, 6.45) is 4.28. The van der Waals surface area contributed by atoms with Crippen LogP contribution in [0.5, 0.6) is 0 Å². The van der Waals surface area contributed by atoms with Gasteiger partial charge in [-0.1, -0.05) is 30.3 Å². The van der Waals surface area contributed by atoms with Gasteiger partial charge >= 0.3 is 0 Å². The zero-order valence-electron chi connectivity index (χ0n) is 15.9. The number of rotatable bonds is 6. The van der Waals surface area contributed by atoms with Crippen LogP contribution in [0.4, 0.5) is 0 Å². The molecule has 4 rings (SSSR count). The maximum atomic E-state index is 6.23. The first-order chi connectivity index (χ1) is 13.2. The van der Waals surface area contributed by atoms with Crippen LogP contribution in [0.25, 0.3) is 5.65 Å². The number of piperidine rings is 1. The van der Waals surface area contributed by atoms with E-state index in [0.717, 1.165) is 31.0 Å². The number of likely N-dealkylation sites (N-methyl/N-ethyl adjacent to an activating group) is 1. The predicted octanol–water partition coefficient (Wildman–Crippen LogP) is 2.33. The molecule has 6 nitrogen and oxygen atoms in total. The van der Waals surface area contributed by atoms with E-state index in [2.05, 4.69) is 51.6 Å². The van der Waals surface area contributed by atoms with Gasteiger partial charge < -0.3 is 11.1 Å². The second-order valence-electron chi connectivity index (χ2n) is 7.43. The highest BCUT2D eigenvalue weighted by Crippen LogP contribution is 2.28. The molecule has 1 fully saturated rings. The normalized spacial score (nSPS) is 19.4. The number of nitrogens with one attached hydrogen (secondary N) is 1. The van der Waals surface area contributed by atoms with Crippen LogP contribution in [-0.2, 0) is 6.54 Å². The standard InChI is InChI=1S/C21H28N6/c1-23-13-18(22)19-12-21-24-10-9-20(27(21)25-19)17-8-5-11-26(15-17)14-16-6-3-2-4-7-16/h2-4,6-7,9-10,12,17-18,23H,5,8,11,13-15,22H2,1H3. The molecule has 0 radical (unpaired) electrons. The van der Waals surface area contributed by atoms with Crippen molar-refractivity contribution in [3.8, 4) is 0 Å². The van der Waals surface area contributed by atoms with Crippen LogP contribution in [0.2, 0.25) is 0 Å². The maximum absolute atomic E-state index is 6.23. The molecule has 0 bridgehead atoms. The van der Waals surface area contributed by atoms with Crippen LogP contribution < -0.4 is 11.1 Å². The SMILES string of the molecule is CNCC(N)c1cc2nccc(C3CCCN(Cc4ccccc4)C3)n2n1. The van der Waals surface area contributed by atoms with Gasteiger partial charge in [0.05, 0.1) is 17.4 Å². The highest BCUT2D eigenvalue weighted by atomic mass is 15.3. The fourth-order valence-electron chi connectivity index (χ4n) is 4.03. The van der Waals surface area contributed by atoms with Crippen molar-refractivity contribution in [3.05, 3.63) is 65.6 Å². The summed E-state index contributed by atoms with van der Waals surface area (Å²) in [6.45, 7) is 3.90. The molecule has 3 N–H and O–H groups in total. The van der Waals surface area contributed by atoms with Gasteiger partial charge in [0.25, 0.3) is 0 Å². The van der Waals surface area contributed by atoms with Crippen molar-refractivity contribution in [1.82, 2.24) is 24.8 Å². The highest BCUT2D eigenvalue weighted by Gasteiger charge is 2.24. The molecule has 0 saturated carbocycles. The lowest BCUT2D eigenvalue weighted by Crippen LogP contribution is -2.34. The molecule has 2 aromatic heterocycles. The van der Waals surface area contributed by atoms with Crippen LogP contribution in [0, 0.1) is 0 Å². The summed E-state index contributed by atoms with van der Waals surface area (Å²) in [6, 6.07) is 14.7. The Morgan fingerprint density at radius 3 is 2.93 bits per heavy atom. The molecule has 3 heterocycles. The number of hydrogen-bond donors (Lipinski definition) is 2. The largest absolute Gasteiger partial charge is 0.322 e. The van der Waals surface area contributed by atoms with Crippen molar-refractivity contribution >= 4 is 5.65 Å². The monoisotopic (exact) mass is 364 g/mol. The zero-order valence-corrected chi connectivity index (χ0v) is 15.9. The minimum absolute atomic E-state index is 0.120. The fraction of sp³-hybridized carbons (Fsp3) is 0.429. The summed E-state index contributed by atoms with van der Waals surface area (Å²) in [5.41, 5.74) is 10.6. The number of hydrogen-bond acceptors (Lipinski definition) is 5. The number of benzene rings is 1.